The molecule has 1 unspecified atom stereocenters. The second kappa shape index (κ2) is 10.4. The molecule has 31 heavy (non-hydrogen) atoms. The molecule has 0 bridgehead atoms. The van der Waals surface area contributed by atoms with Gasteiger partial charge in [-0.3, -0.25) is 10.1 Å². The van der Waals surface area contributed by atoms with E-state index in [1.54, 1.807) is 13.2 Å². The number of aliphatic carboxylic acids is 1. The number of ether oxygens (including phenoxy) is 1. The second-order valence-corrected chi connectivity index (χ2v) is 9.87. The van der Waals surface area contributed by atoms with Crippen molar-refractivity contribution in [1.29, 1.82) is 0 Å². The number of rotatable bonds is 10. The van der Waals surface area contributed by atoms with Crippen LogP contribution in [-0.4, -0.2) is 35.6 Å². The summed E-state index contributed by atoms with van der Waals surface area (Å²) in [5.41, 5.74) is 1.86. The molecule has 3 N–H and O–H groups in total. The molecule has 5 heteroatoms. The number of benzene rings is 1. The van der Waals surface area contributed by atoms with Gasteiger partial charge in [-0.05, 0) is 73.2 Å². The highest BCUT2D eigenvalue weighted by atomic mass is 16.5. The van der Waals surface area contributed by atoms with Crippen molar-refractivity contribution in [2.45, 2.75) is 95.6 Å². The van der Waals surface area contributed by atoms with Gasteiger partial charge in [-0.25, -0.2) is 0 Å². The van der Waals surface area contributed by atoms with Crippen LogP contribution < -0.4 is 5.32 Å². The minimum atomic E-state index is -0.667. The Morgan fingerprint density at radius 1 is 1.23 bits per heavy atom. The first-order valence-corrected chi connectivity index (χ1v) is 12.2. The van der Waals surface area contributed by atoms with Crippen molar-refractivity contribution in [2.75, 3.05) is 13.7 Å². The number of nitrogens with one attached hydrogen (secondary N) is 1. The topological polar surface area (TPSA) is 78.8 Å². The number of carbonyl (C=O) groups is 1. The molecule has 2 atom stereocenters. The summed E-state index contributed by atoms with van der Waals surface area (Å²) < 4.78 is 6.10. The first-order chi connectivity index (χ1) is 14.9. The summed E-state index contributed by atoms with van der Waals surface area (Å²) in [6.07, 6.45) is 11.0. The van der Waals surface area contributed by atoms with E-state index in [4.69, 9.17) is 4.74 Å². The van der Waals surface area contributed by atoms with Gasteiger partial charge in [-0.2, -0.15) is 0 Å². The third-order valence-electron chi connectivity index (χ3n) is 8.14. The fourth-order valence-corrected chi connectivity index (χ4v) is 6.09. The Morgan fingerprint density at radius 2 is 1.94 bits per heavy atom. The largest absolute Gasteiger partial charge is 0.508 e. The monoisotopic (exact) mass is 431 g/mol. The molecule has 0 amide bonds. The fraction of sp³-hybridized carbons (Fsp3) is 0.731. The van der Waals surface area contributed by atoms with Gasteiger partial charge in [0.15, 0.2) is 0 Å². The zero-order valence-corrected chi connectivity index (χ0v) is 19.6. The van der Waals surface area contributed by atoms with Crippen molar-refractivity contribution < 1.29 is 19.7 Å². The van der Waals surface area contributed by atoms with Crippen molar-refractivity contribution in [3.05, 3.63) is 29.3 Å². The van der Waals surface area contributed by atoms with Gasteiger partial charge < -0.3 is 14.9 Å². The normalized spacial score (nSPS) is 24.5. The number of phenolic OH excluding ortho intramolecular Hbond substituents is 1. The molecular weight excluding hydrogens is 390 g/mol. The van der Waals surface area contributed by atoms with Crippen molar-refractivity contribution in [3.8, 4) is 5.75 Å². The Balaban J connectivity index is 1.71. The van der Waals surface area contributed by atoms with E-state index in [0.29, 0.717) is 24.6 Å². The SMILES string of the molecule is CCC1(CC)C[C@](NCCC(CC2CCCCC2)C(=O)O)(OC)Cc2ccc(O)cc21. The molecule has 1 aromatic rings. The highest BCUT2D eigenvalue weighted by Crippen LogP contribution is 2.47. The van der Waals surface area contributed by atoms with E-state index >= 15 is 0 Å². The van der Waals surface area contributed by atoms with Crippen LogP contribution in [0.5, 0.6) is 5.75 Å². The van der Waals surface area contributed by atoms with Crippen LogP contribution in [0.25, 0.3) is 0 Å². The number of aromatic hydroxyl groups is 1. The smallest absolute Gasteiger partial charge is 0.306 e. The number of carboxylic acid groups (broad SMARTS) is 1. The molecule has 1 aromatic carbocycles. The number of hydrogen-bond acceptors (Lipinski definition) is 4. The molecular formula is C26H41NO4. The summed E-state index contributed by atoms with van der Waals surface area (Å²) in [6, 6.07) is 5.69. The van der Waals surface area contributed by atoms with Gasteiger partial charge in [0.25, 0.3) is 0 Å². The zero-order valence-electron chi connectivity index (χ0n) is 19.6. The zero-order chi connectivity index (χ0) is 22.5. The maximum absolute atomic E-state index is 11.9. The van der Waals surface area contributed by atoms with Gasteiger partial charge in [0, 0.05) is 13.5 Å². The third-order valence-corrected chi connectivity index (χ3v) is 8.14. The minimum Gasteiger partial charge on any atom is -0.508 e. The van der Waals surface area contributed by atoms with Crippen LogP contribution in [0.15, 0.2) is 18.2 Å². The molecule has 5 nitrogen and oxygen atoms in total. The Kier molecular flexibility index (Phi) is 8.03. The number of hydrogen-bond donors (Lipinski definition) is 3. The predicted molar refractivity (Wildman–Crippen MR) is 123 cm³/mol. The molecule has 2 aliphatic rings. The lowest BCUT2D eigenvalue weighted by Gasteiger charge is -2.48. The van der Waals surface area contributed by atoms with E-state index in [1.165, 1.54) is 43.2 Å². The molecule has 2 aliphatic carbocycles. The maximum Gasteiger partial charge on any atom is 0.306 e. The number of carboxylic acids is 1. The molecule has 0 spiro atoms. The van der Waals surface area contributed by atoms with E-state index in [2.05, 4.69) is 19.2 Å². The minimum absolute atomic E-state index is 0.0658. The Labute approximate surface area is 187 Å². The number of methoxy groups -OCH3 is 1. The van der Waals surface area contributed by atoms with Gasteiger partial charge in [0.1, 0.15) is 11.5 Å². The molecule has 0 aliphatic heterocycles. The molecule has 0 saturated heterocycles. The van der Waals surface area contributed by atoms with Crippen molar-refractivity contribution in [3.63, 3.8) is 0 Å². The van der Waals surface area contributed by atoms with E-state index in [0.717, 1.165) is 32.1 Å². The van der Waals surface area contributed by atoms with E-state index in [1.807, 2.05) is 12.1 Å². The Bertz CT molecular complexity index is 739. The van der Waals surface area contributed by atoms with Crippen molar-refractivity contribution in [1.82, 2.24) is 5.32 Å². The van der Waals surface area contributed by atoms with Crippen molar-refractivity contribution in [2.24, 2.45) is 11.8 Å². The highest BCUT2D eigenvalue weighted by molar-refractivity contribution is 5.69. The fourth-order valence-electron chi connectivity index (χ4n) is 6.09. The van der Waals surface area contributed by atoms with Gasteiger partial charge >= 0.3 is 5.97 Å². The van der Waals surface area contributed by atoms with Gasteiger partial charge in [-0.15, -0.1) is 0 Å². The average Bonchev–Trinajstić information content (AvgIpc) is 2.78. The number of fused-ring (bicyclic) bond motifs is 1. The third kappa shape index (κ3) is 5.43. The molecule has 174 valence electrons. The number of phenols is 1. The maximum atomic E-state index is 11.9. The van der Waals surface area contributed by atoms with Crippen LogP contribution in [0.1, 0.15) is 89.2 Å². The predicted octanol–water partition coefficient (Wildman–Crippen LogP) is 5.39. The summed E-state index contributed by atoms with van der Waals surface area (Å²) in [6.45, 7) is 5.04. The molecule has 0 heterocycles. The molecule has 3 rings (SSSR count). The Morgan fingerprint density at radius 3 is 2.55 bits per heavy atom. The van der Waals surface area contributed by atoms with Gasteiger partial charge in [-0.1, -0.05) is 52.0 Å². The van der Waals surface area contributed by atoms with Crippen LogP contribution in [0.3, 0.4) is 0 Å². The van der Waals surface area contributed by atoms with Gasteiger partial charge in [0.2, 0.25) is 0 Å². The highest BCUT2D eigenvalue weighted by Gasteiger charge is 2.46. The summed E-state index contributed by atoms with van der Waals surface area (Å²) in [7, 11) is 1.76. The standard InChI is InChI=1S/C26H41NO4/c1-4-25(5-2)18-26(31-3,17-21-11-12-22(28)16-23(21)25)27-14-13-20(24(29)30)15-19-9-7-6-8-10-19/h11-12,16,19-20,27-28H,4-10,13-15,17-18H2,1-3H3,(H,29,30)/t20?,26-/m1/s1. The molecule has 1 saturated carbocycles. The van der Waals surface area contributed by atoms with E-state index in [-0.39, 0.29) is 11.3 Å². The summed E-state index contributed by atoms with van der Waals surface area (Å²) >= 11 is 0. The molecule has 0 aromatic heterocycles. The lowest BCUT2D eigenvalue weighted by molar-refractivity contribution is -0.143. The average molecular weight is 432 g/mol. The first kappa shape index (κ1) is 24.1. The second-order valence-electron chi connectivity index (χ2n) is 9.87. The summed E-state index contributed by atoms with van der Waals surface area (Å²) in [4.78, 5) is 11.9. The van der Waals surface area contributed by atoms with Crippen LogP contribution in [-0.2, 0) is 21.4 Å². The van der Waals surface area contributed by atoms with E-state index < -0.39 is 11.7 Å². The van der Waals surface area contributed by atoms with Gasteiger partial charge in [0.05, 0.1) is 5.92 Å². The lowest BCUT2D eigenvalue weighted by atomic mass is 9.64. The first-order valence-electron chi connectivity index (χ1n) is 12.2. The summed E-state index contributed by atoms with van der Waals surface area (Å²) in [5.74, 6) is -0.0811. The quantitative estimate of drug-likeness (QED) is 0.433. The van der Waals surface area contributed by atoms with Crippen LogP contribution in [0.2, 0.25) is 0 Å². The van der Waals surface area contributed by atoms with Crippen molar-refractivity contribution >= 4 is 5.97 Å². The lowest BCUT2D eigenvalue weighted by Crippen LogP contribution is -2.56. The molecule has 1 fully saturated rings. The Hall–Kier alpha value is -1.59. The van der Waals surface area contributed by atoms with Crippen LogP contribution >= 0.6 is 0 Å². The molecule has 0 radical (unpaired) electrons. The van der Waals surface area contributed by atoms with Crippen LogP contribution in [0, 0.1) is 11.8 Å². The van der Waals surface area contributed by atoms with Crippen LogP contribution in [0.4, 0.5) is 0 Å². The van der Waals surface area contributed by atoms with E-state index in [9.17, 15) is 15.0 Å². The summed E-state index contributed by atoms with van der Waals surface area (Å²) in [5, 5.41) is 23.5.